The number of nitro groups is 1. The van der Waals surface area contributed by atoms with Gasteiger partial charge in [0.2, 0.25) is 5.43 Å². The van der Waals surface area contributed by atoms with E-state index < -0.39 is 16.3 Å². The topological polar surface area (TPSA) is 119 Å². The van der Waals surface area contributed by atoms with E-state index in [4.69, 9.17) is 11.6 Å². The Bertz CT molecular complexity index is 1140. The maximum Gasteiger partial charge on any atom is 0.292 e. The summed E-state index contributed by atoms with van der Waals surface area (Å²) in [6.45, 7) is 2.08. The maximum atomic E-state index is 12.5. The van der Waals surface area contributed by atoms with E-state index in [1.54, 1.807) is 49.4 Å². The lowest BCUT2D eigenvalue weighted by atomic mass is 10.2. The van der Waals surface area contributed by atoms with Crippen LogP contribution in [0, 0.1) is 17.0 Å². The van der Waals surface area contributed by atoms with E-state index in [-0.39, 0.29) is 24.5 Å². The van der Waals surface area contributed by atoms with Gasteiger partial charge in [-0.1, -0.05) is 23.7 Å². The third-order valence-electron chi connectivity index (χ3n) is 4.22. The highest BCUT2D eigenvalue weighted by Crippen LogP contribution is 2.22. The van der Waals surface area contributed by atoms with Crippen LogP contribution < -0.4 is 16.1 Å². The number of halogens is 1. The fourth-order valence-corrected chi connectivity index (χ4v) is 2.91. The van der Waals surface area contributed by atoms with Crippen LogP contribution in [0.3, 0.4) is 0 Å². The van der Waals surface area contributed by atoms with Crippen molar-refractivity contribution in [1.29, 1.82) is 0 Å². The number of para-hydroxylation sites is 2. The smallest absolute Gasteiger partial charge is 0.292 e. The molecule has 0 bridgehead atoms. The maximum absolute atomic E-state index is 12.5. The highest BCUT2D eigenvalue weighted by molar-refractivity contribution is 6.30. The van der Waals surface area contributed by atoms with Crippen LogP contribution in [-0.4, -0.2) is 33.7 Å². The molecule has 9 nitrogen and oxygen atoms in total. The van der Waals surface area contributed by atoms with Gasteiger partial charge in [-0.3, -0.25) is 19.7 Å². The van der Waals surface area contributed by atoms with Crippen LogP contribution in [0.15, 0.2) is 59.4 Å². The van der Waals surface area contributed by atoms with Crippen molar-refractivity contribution in [3.8, 4) is 5.69 Å². The fourth-order valence-electron chi connectivity index (χ4n) is 2.79. The Morgan fingerprint density at radius 3 is 2.57 bits per heavy atom. The molecule has 1 aromatic heterocycles. The predicted octanol–water partition coefficient (Wildman–Crippen LogP) is 2.94. The van der Waals surface area contributed by atoms with Crippen molar-refractivity contribution in [2.45, 2.75) is 6.92 Å². The summed E-state index contributed by atoms with van der Waals surface area (Å²) in [4.78, 5) is 35.2. The number of nitro benzene ring substituents is 1. The Balaban J connectivity index is 1.69. The number of nitrogens with zero attached hydrogens (tertiary/aromatic N) is 3. The number of hydrogen-bond acceptors (Lipinski definition) is 6. The van der Waals surface area contributed by atoms with E-state index in [2.05, 4.69) is 15.7 Å². The quantitative estimate of drug-likeness (QED) is 0.340. The molecule has 154 valence electrons. The monoisotopic (exact) mass is 427 g/mol. The first-order valence-corrected chi connectivity index (χ1v) is 9.37. The van der Waals surface area contributed by atoms with Crippen LogP contribution in [0.5, 0.6) is 0 Å². The second-order valence-corrected chi connectivity index (χ2v) is 6.78. The van der Waals surface area contributed by atoms with Crippen LogP contribution in [0.1, 0.15) is 16.2 Å². The van der Waals surface area contributed by atoms with Gasteiger partial charge in [0.05, 0.1) is 10.6 Å². The number of benzene rings is 2. The van der Waals surface area contributed by atoms with Gasteiger partial charge in [0, 0.05) is 35.9 Å². The first-order valence-electron chi connectivity index (χ1n) is 8.99. The summed E-state index contributed by atoms with van der Waals surface area (Å²) >= 11 is 5.90. The molecule has 2 N–H and O–H groups in total. The second-order valence-electron chi connectivity index (χ2n) is 6.34. The molecular formula is C20H18ClN5O4. The second kappa shape index (κ2) is 9.19. The minimum Gasteiger partial charge on any atom is -0.378 e. The van der Waals surface area contributed by atoms with Crippen molar-refractivity contribution >= 4 is 28.9 Å². The number of carbonyl (C=O) groups is 1. The molecular weight excluding hydrogens is 410 g/mol. The van der Waals surface area contributed by atoms with E-state index >= 15 is 0 Å². The van der Waals surface area contributed by atoms with E-state index in [1.807, 2.05) is 0 Å². The summed E-state index contributed by atoms with van der Waals surface area (Å²) in [6.07, 6.45) is 0. The predicted molar refractivity (Wildman–Crippen MR) is 114 cm³/mol. The van der Waals surface area contributed by atoms with Crippen LogP contribution in [-0.2, 0) is 0 Å². The Labute approximate surface area is 176 Å². The van der Waals surface area contributed by atoms with Gasteiger partial charge >= 0.3 is 0 Å². The molecule has 0 unspecified atom stereocenters. The normalized spacial score (nSPS) is 10.5. The van der Waals surface area contributed by atoms with Crippen LogP contribution in [0.2, 0.25) is 5.02 Å². The molecule has 0 saturated heterocycles. The van der Waals surface area contributed by atoms with Gasteiger partial charge in [-0.2, -0.15) is 5.10 Å². The van der Waals surface area contributed by atoms with E-state index in [0.717, 1.165) is 0 Å². The molecule has 2 aromatic carbocycles. The average Bonchev–Trinajstić information content (AvgIpc) is 2.72. The summed E-state index contributed by atoms with van der Waals surface area (Å²) in [5, 5.41) is 21.3. The number of carbonyl (C=O) groups excluding carboxylic acids is 1. The Morgan fingerprint density at radius 1 is 1.17 bits per heavy atom. The molecule has 0 saturated carbocycles. The summed E-state index contributed by atoms with van der Waals surface area (Å²) in [5.41, 5.74) is 0.759. The Hall–Kier alpha value is -3.72. The third-order valence-corrected chi connectivity index (χ3v) is 4.47. The minimum atomic E-state index is -0.632. The zero-order valence-electron chi connectivity index (χ0n) is 16.0. The molecule has 3 aromatic rings. The van der Waals surface area contributed by atoms with Crippen LogP contribution in [0.4, 0.5) is 11.4 Å². The van der Waals surface area contributed by atoms with Crippen LogP contribution in [0.25, 0.3) is 5.69 Å². The number of nitrogens with one attached hydrogen (secondary N) is 2. The zero-order valence-corrected chi connectivity index (χ0v) is 16.7. The molecule has 0 spiro atoms. The van der Waals surface area contributed by atoms with Gasteiger partial charge in [0.1, 0.15) is 5.69 Å². The highest BCUT2D eigenvalue weighted by Gasteiger charge is 2.16. The zero-order chi connectivity index (χ0) is 21.7. The molecule has 0 aliphatic carbocycles. The van der Waals surface area contributed by atoms with Gasteiger partial charge in [0.15, 0.2) is 5.69 Å². The Kier molecular flexibility index (Phi) is 6.43. The summed E-state index contributed by atoms with van der Waals surface area (Å²) in [5.74, 6) is -0.632. The third kappa shape index (κ3) is 4.81. The van der Waals surface area contributed by atoms with Crippen molar-refractivity contribution in [3.05, 3.63) is 91.3 Å². The van der Waals surface area contributed by atoms with Crippen molar-refractivity contribution in [2.24, 2.45) is 0 Å². The average molecular weight is 428 g/mol. The van der Waals surface area contributed by atoms with Gasteiger partial charge < -0.3 is 10.6 Å². The molecule has 10 heteroatoms. The SMILES string of the molecule is Cc1cc(=O)c(C(=O)NCCNc2ccccc2[N+](=O)[O-])nn1-c1ccc(Cl)cc1. The molecule has 1 heterocycles. The van der Waals surface area contributed by atoms with Gasteiger partial charge in [-0.05, 0) is 37.3 Å². The molecule has 0 aliphatic heterocycles. The minimum absolute atomic E-state index is 0.0603. The standard InChI is InChI=1S/C20H18ClN5O4/c1-13-12-18(27)19(24-25(13)15-8-6-14(21)7-9-15)20(28)23-11-10-22-16-4-2-3-5-17(16)26(29)30/h2-9,12,22H,10-11H2,1H3,(H,23,28). The molecule has 0 atom stereocenters. The summed E-state index contributed by atoms with van der Waals surface area (Å²) in [7, 11) is 0. The van der Waals surface area contributed by atoms with Gasteiger partial charge in [0.25, 0.3) is 11.6 Å². The molecule has 0 radical (unpaired) electrons. The van der Waals surface area contributed by atoms with E-state index in [9.17, 15) is 19.7 Å². The van der Waals surface area contributed by atoms with Crippen molar-refractivity contribution in [2.75, 3.05) is 18.4 Å². The first kappa shape index (κ1) is 21.0. The first-order chi connectivity index (χ1) is 14.4. The lowest BCUT2D eigenvalue weighted by Gasteiger charge is -2.12. The lowest BCUT2D eigenvalue weighted by molar-refractivity contribution is -0.384. The number of rotatable bonds is 7. The van der Waals surface area contributed by atoms with E-state index in [1.165, 1.54) is 16.8 Å². The number of anilines is 1. The van der Waals surface area contributed by atoms with Crippen molar-refractivity contribution in [1.82, 2.24) is 15.1 Å². The fraction of sp³-hybridized carbons (Fsp3) is 0.150. The largest absolute Gasteiger partial charge is 0.378 e. The van der Waals surface area contributed by atoms with Gasteiger partial charge in [-0.25, -0.2) is 4.68 Å². The van der Waals surface area contributed by atoms with Crippen molar-refractivity contribution < 1.29 is 9.72 Å². The highest BCUT2D eigenvalue weighted by atomic mass is 35.5. The molecule has 3 rings (SSSR count). The molecule has 30 heavy (non-hydrogen) atoms. The number of amides is 1. The Morgan fingerprint density at radius 2 is 1.87 bits per heavy atom. The van der Waals surface area contributed by atoms with Gasteiger partial charge in [-0.15, -0.1) is 0 Å². The number of aromatic nitrogens is 2. The molecule has 1 amide bonds. The number of hydrogen-bond donors (Lipinski definition) is 2. The van der Waals surface area contributed by atoms with E-state index in [0.29, 0.717) is 22.1 Å². The van der Waals surface area contributed by atoms with Crippen LogP contribution >= 0.6 is 11.6 Å². The number of aryl methyl sites for hydroxylation is 1. The summed E-state index contributed by atoms with van der Waals surface area (Å²) in [6, 6.07) is 14.4. The lowest BCUT2D eigenvalue weighted by Crippen LogP contribution is -2.34. The van der Waals surface area contributed by atoms with Crippen molar-refractivity contribution in [3.63, 3.8) is 0 Å². The molecule has 0 fully saturated rings. The summed E-state index contributed by atoms with van der Waals surface area (Å²) < 4.78 is 1.48. The molecule has 0 aliphatic rings.